The Morgan fingerprint density at radius 1 is 1.16 bits per heavy atom. The molecule has 0 aromatic rings. The lowest BCUT2D eigenvalue weighted by Gasteiger charge is -2.41. The van der Waals surface area contributed by atoms with Crippen LogP contribution in [-0.4, -0.2) is 124 Å². The van der Waals surface area contributed by atoms with Gasteiger partial charge in [0.1, 0.15) is 11.7 Å². The van der Waals surface area contributed by atoms with Crippen molar-refractivity contribution in [3.63, 3.8) is 0 Å². The van der Waals surface area contributed by atoms with Gasteiger partial charge in [0.2, 0.25) is 0 Å². The molecule has 0 saturated carbocycles. The number of allylic oxidation sites excluding steroid dienone is 2. The van der Waals surface area contributed by atoms with E-state index in [2.05, 4.69) is 4.90 Å². The number of esters is 1. The second-order valence-corrected chi connectivity index (χ2v) is 16.0. The van der Waals surface area contributed by atoms with Crippen molar-refractivity contribution in [2.24, 2.45) is 11.8 Å². The Morgan fingerprint density at radius 2 is 1.84 bits per heavy atom. The van der Waals surface area contributed by atoms with E-state index in [9.17, 15) is 24.9 Å². The summed E-state index contributed by atoms with van der Waals surface area (Å²) in [6, 6.07) is 0.507. The zero-order valence-electron chi connectivity index (χ0n) is 32.2. The Morgan fingerprint density at radius 3 is 2.49 bits per heavy atom. The smallest absolute Gasteiger partial charge is 0.410 e. The van der Waals surface area contributed by atoms with Gasteiger partial charge in [-0.05, 0) is 90.5 Å². The van der Waals surface area contributed by atoms with E-state index in [0.717, 1.165) is 31.5 Å². The standard InChI is InChI=1S/C40H66N2O9/c1-8-32(44)29(4)37-33(49-37)26-39(5,47)19-12-13-27(2)36-28(3)14-15-34(40(6,48-7)20-16-31(43)25-35(45)51-36)50-38(46)42-23-17-30(18-24-42)41-21-10-9-11-22-41/h12-15,19,28-34,36-37,43-44,47H,8-11,16-18,20-26H2,1-7H3. The average Bonchev–Trinajstić information content (AvgIpc) is 3.88. The highest BCUT2D eigenvalue weighted by Gasteiger charge is 2.47. The summed E-state index contributed by atoms with van der Waals surface area (Å²) in [5.41, 5.74) is -1.33. The highest BCUT2D eigenvalue weighted by atomic mass is 16.6. The van der Waals surface area contributed by atoms with Crippen LogP contribution in [0.25, 0.3) is 0 Å². The van der Waals surface area contributed by atoms with Crippen molar-refractivity contribution in [3.05, 3.63) is 36.0 Å². The normalized spacial score (nSPS) is 34.6. The number of amides is 1. The number of rotatable bonds is 11. The van der Waals surface area contributed by atoms with Gasteiger partial charge in [-0.15, -0.1) is 0 Å². The van der Waals surface area contributed by atoms with Crippen molar-refractivity contribution in [2.45, 2.75) is 160 Å². The topological polar surface area (TPSA) is 142 Å². The lowest BCUT2D eigenvalue weighted by molar-refractivity contribution is -0.151. The molecule has 0 aromatic heterocycles. The van der Waals surface area contributed by atoms with Crippen LogP contribution in [0.2, 0.25) is 0 Å². The molecule has 0 spiro atoms. The largest absolute Gasteiger partial charge is 0.457 e. The van der Waals surface area contributed by atoms with Crippen LogP contribution < -0.4 is 0 Å². The minimum absolute atomic E-state index is 0.00233. The van der Waals surface area contributed by atoms with Gasteiger partial charge in [-0.3, -0.25) is 4.79 Å². The summed E-state index contributed by atoms with van der Waals surface area (Å²) in [7, 11) is 1.58. The number of carbonyl (C=O) groups excluding carboxylic acids is 2. The maximum atomic E-state index is 13.6. The highest BCUT2D eigenvalue weighted by Crippen LogP contribution is 2.38. The fourth-order valence-corrected chi connectivity index (χ4v) is 7.89. The number of cyclic esters (lactones) is 1. The molecule has 11 nitrogen and oxygen atoms in total. The van der Waals surface area contributed by atoms with Crippen molar-refractivity contribution >= 4 is 12.1 Å². The molecular weight excluding hydrogens is 652 g/mol. The first kappa shape index (κ1) is 41.5. The number of nitrogens with zero attached hydrogens (tertiary/aromatic N) is 2. The molecule has 4 rings (SSSR count). The molecule has 3 N–H and O–H groups in total. The monoisotopic (exact) mass is 718 g/mol. The summed E-state index contributed by atoms with van der Waals surface area (Å²) in [6.07, 6.45) is 12.8. The molecule has 3 saturated heterocycles. The van der Waals surface area contributed by atoms with Crippen molar-refractivity contribution < 1.29 is 43.9 Å². The van der Waals surface area contributed by atoms with E-state index >= 15 is 0 Å². The molecule has 3 fully saturated rings. The molecule has 0 bridgehead atoms. The highest BCUT2D eigenvalue weighted by molar-refractivity contribution is 5.70. The predicted octanol–water partition coefficient (Wildman–Crippen LogP) is 5.31. The van der Waals surface area contributed by atoms with Crippen LogP contribution in [0.15, 0.2) is 36.0 Å². The van der Waals surface area contributed by atoms with E-state index in [4.69, 9.17) is 18.9 Å². The number of hydrogen-bond donors (Lipinski definition) is 3. The summed E-state index contributed by atoms with van der Waals surface area (Å²) >= 11 is 0. The average molecular weight is 719 g/mol. The Balaban J connectivity index is 1.45. The molecule has 290 valence electrons. The van der Waals surface area contributed by atoms with Crippen LogP contribution in [0.1, 0.15) is 106 Å². The van der Waals surface area contributed by atoms with Crippen molar-refractivity contribution in [1.82, 2.24) is 9.80 Å². The van der Waals surface area contributed by atoms with Crippen LogP contribution >= 0.6 is 0 Å². The maximum Gasteiger partial charge on any atom is 0.410 e. The zero-order chi connectivity index (χ0) is 37.3. The van der Waals surface area contributed by atoms with E-state index in [0.29, 0.717) is 38.4 Å². The van der Waals surface area contributed by atoms with Gasteiger partial charge in [0, 0.05) is 44.5 Å². The number of hydrogen-bond acceptors (Lipinski definition) is 10. The molecule has 10 unspecified atom stereocenters. The molecule has 11 heteroatoms. The van der Waals surface area contributed by atoms with Gasteiger partial charge in [0.15, 0.2) is 6.10 Å². The Labute approximate surface area is 306 Å². The third-order valence-electron chi connectivity index (χ3n) is 11.7. The molecule has 0 radical (unpaired) electrons. The van der Waals surface area contributed by atoms with Gasteiger partial charge < -0.3 is 44.1 Å². The maximum absolute atomic E-state index is 13.6. The number of aliphatic hydroxyl groups is 3. The molecule has 1 amide bonds. The number of aliphatic hydroxyl groups excluding tert-OH is 2. The number of epoxide rings is 1. The molecule has 51 heavy (non-hydrogen) atoms. The third kappa shape index (κ3) is 11.9. The van der Waals surface area contributed by atoms with Gasteiger partial charge in [0.05, 0.1) is 36.4 Å². The number of ether oxygens (including phenoxy) is 4. The second kappa shape index (κ2) is 18.7. The minimum Gasteiger partial charge on any atom is -0.457 e. The van der Waals surface area contributed by atoms with E-state index in [-0.39, 0.29) is 43.0 Å². The van der Waals surface area contributed by atoms with E-state index in [1.807, 2.05) is 52.8 Å². The molecule has 4 aliphatic rings. The van der Waals surface area contributed by atoms with Gasteiger partial charge in [-0.2, -0.15) is 0 Å². The molecule has 0 aliphatic carbocycles. The Bertz CT molecular complexity index is 1220. The van der Waals surface area contributed by atoms with Crippen LogP contribution in [0, 0.1) is 11.8 Å². The van der Waals surface area contributed by atoms with Crippen LogP contribution in [0.3, 0.4) is 0 Å². The van der Waals surface area contributed by atoms with Gasteiger partial charge >= 0.3 is 12.1 Å². The Kier molecular flexibility index (Phi) is 15.2. The van der Waals surface area contributed by atoms with Gasteiger partial charge in [-0.25, -0.2) is 4.79 Å². The second-order valence-electron chi connectivity index (χ2n) is 16.0. The molecular formula is C40H66N2O9. The SMILES string of the molecule is CCC(O)C(C)C1OC1CC(C)(O)C=CC=C(C)C1OC(=O)CC(O)CCC(C)(OC)C(OC(=O)N2CCC(N3CCCCC3)CC2)C=CC1C. The van der Waals surface area contributed by atoms with Crippen molar-refractivity contribution in [1.29, 1.82) is 0 Å². The molecule has 10 atom stereocenters. The van der Waals surface area contributed by atoms with Crippen molar-refractivity contribution in [2.75, 3.05) is 33.3 Å². The van der Waals surface area contributed by atoms with Gasteiger partial charge in [0.25, 0.3) is 0 Å². The van der Waals surface area contributed by atoms with E-state index < -0.39 is 41.6 Å². The number of likely N-dealkylation sites (tertiary alicyclic amines) is 2. The van der Waals surface area contributed by atoms with Crippen LogP contribution in [-0.2, 0) is 23.7 Å². The number of carbonyl (C=O) groups is 2. The predicted molar refractivity (Wildman–Crippen MR) is 196 cm³/mol. The fraction of sp³-hybridized carbons (Fsp3) is 0.800. The zero-order valence-corrected chi connectivity index (χ0v) is 32.2. The lowest BCUT2D eigenvalue weighted by Crippen LogP contribution is -2.50. The summed E-state index contributed by atoms with van der Waals surface area (Å²) in [4.78, 5) is 30.9. The first-order valence-electron chi connectivity index (χ1n) is 19.4. The summed E-state index contributed by atoms with van der Waals surface area (Å²) in [6.45, 7) is 14.9. The van der Waals surface area contributed by atoms with Crippen LogP contribution in [0.4, 0.5) is 4.79 Å². The van der Waals surface area contributed by atoms with Crippen LogP contribution in [0.5, 0.6) is 0 Å². The fourth-order valence-electron chi connectivity index (χ4n) is 7.89. The van der Waals surface area contributed by atoms with E-state index in [1.54, 1.807) is 31.1 Å². The lowest BCUT2D eigenvalue weighted by atomic mass is 9.88. The molecule has 4 aliphatic heterocycles. The molecule has 4 heterocycles. The first-order valence-corrected chi connectivity index (χ1v) is 19.4. The number of piperidine rings is 2. The number of methoxy groups -OCH3 is 1. The first-order chi connectivity index (χ1) is 24.2. The Hall–Kier alpha value is -2.28. The quantitative estimate of drug-likeness (QED) is 0.111. The summed E-state index contributed by atoms with van der Waals surface area (Å²) in [5, 5.41) is 32.1. The third-order valence-corrected chi connectivity index (χ3v) is 11.7. The molecule has 0 aromatic carbocycles. The summed E-state index contributed by atoms with van der Waals surface area (Å²) < 4.78 is 23.9. The van der Waals surface area contributed by atoms with E-state index in [1.165, 1.54) is 19.3 Å². The minimum atomic E-state index is -1.14. The van der Waals surface area contributed by atoms with Crippen molar-refractivity contribution in [3.8, 4) is 0 Å². The van der Waals surface area contributed by atoms with Gasteiger partial charge in [-0.1, -0.05) is 51.5 Å². The summed E-state index contributed by atoms with van der Waals surface area (Å²) in [5.74, 6) is -0.824.